The van der Waals surface area contributed by atoms with Crippen LogP contribution < -0.4 is 5.32 Å². The molecule has 2 aromatic rings. The SMILES string of the molecule is CSc1nnc(NC(=O)c2c(C)cc(C)cc2C)s1. The van der Waals surface area contributed by atoms with Crippen LogP contribution in [-0.2, 0) is 0 Å². The fraction of sp³-hybridized carbons (Fsp3) is 0.308. The van der Waals surface area contributed by atoms with Crippen LogP contribution in [0, 0.1) is 20.8 Å². The first kappa shape index (κ1) is 14.0. The molecule has 0 aliphatic heterocycles. The van der Waals surface area contributed by atoms with Crippen molar-refractivity contribution in [3.63, 3.8) is 0 Å². The van der Waals surface area contributed by atoms with Gasteiger partial charge >= 0.3 is 0 Å². The monoisotopic (exact) mass is 293 g/mol. The number of aryl methyl sites for hydroxylation is 3. The fourth-order valence-corrected chi connectivity index (χ4v) is 3.21. The third kappa shape index (κ3) is 3.13. The van der Waals surface area contributed by atoms with Gasteiger partial charge in [-0.3, -0.25) is 10.1 Å². The van der Waals surface area contributed by atoms with E-state index in [-0.39, 0.29) is 5.91 Å². The zero-order chi connectivity index (χ0) is 14.0. The van der Waals surface area contributed by atoms with Crippen LogP contribution in [0.2, 0.25) is 0 Å². The molecule has 19 heavy (non-hydrogen) atoms. The molecule has 0 bridgehead atoms. The van der Waals surface area contributed by atoms with Crippen molar-refractivity contribution in [1.29, 1.82) is 0 Å². The number of nitrogens with one attached hydrogen (secondary N) is 1. The summed E-state index contributed by atoms with van der Waals surface area (Å²) in [6.07, 6.45) is 1.93. The molecule has 0 spiro atoms. The highest BCUT2D eigenvalue weighted by Crippen LogP contribution is 2.24. The maximum atomic E-state index is 12.3. The summed E-state index contributed by atoms with van der Waals surface area (Å²) in [6.45, 7) is 5.92. The maximum absolute atomic E-state index is 12.3. The molecule has 1 aromatic carbocycles. The zero-order valence-electron chi connectivity index (χ0n) is 11.3. The average Bonchev–Trinajstić information content (AvgIpc) is 2.75. The molecule has 0 radical (unpaired) electrons. The number of nitrogens with zero attached hydrogens (tertiary/aromatic N) is 2. The number of rotatable bonds is 3. The number of benzene rings is 1. The highest BCUT2D eigenvalue weighted by molar-refractivity contribution is 8.00. The number of carbonyl (C=O) groups is 1. The minimum atomic E-state index is -0.126. The summed E-state index contributed by atoms with van der Waals surface area (Å²) < 4.78 is 0.840. The van der Waals surface area contributed by atoms with Gasteiger partial charge in [0.25, 0.3) is 5.91 Å². The van der Waals surface area contributed by atoms with Gasteiger partial charge in [0.15, 0.2) is 4.34 Å². The minimum absolute atomic E-state index is 0.126. The van der Waals surface area contributed by atoms with Gasteiger partial charge in [-0.15, -0.1) is 10.2 Å². The second-order valence-corrected chi connectivity index (χ2v) is 6.34. The molecule has 1 heterocycles. The summed E-state index contributed by atoms with van der Waals surface area (Å²) in [4.78, 5) is 12.3. The second-order valence-electron chi connectivity index (χ2n) is 4.31. The smallest absolute Gasteiger partial charge is 0.258 e. The van der Waals surface area contributed by atoms with Crippen LogP contribution in [0.3, 0.4) is 0 Å². The molecule has 6 heteroatoms. The molecule has 0 unspecified atom stereocenters. The number of amides is 1. The van der Waals surface area contributed by atoms with Gasteiger partial charge in [-0.25, -0.2) is 0 Å². The highest BCUT2D eigenvalue weighted by Gasteiger charge is 2.15. The molecule has 0 aliphatic carbocycles. The van der Waals surface area contributed by atoms with Gasteiger partial charge in [-0.1, -0.05) is 40.8 Å². The summed E-state index contributed by atoms with van der Waals surface area (Å²) >= 11 is 2.89. The Morgan fingerprint density at radius 2 is 1.84 bits per heavy atom. The van der Waals surface area contributed by atoms with E-state index in [1.54, 1.807) is 0 Å². The fourth-order valence-electron chi connectivity index (χ4n) is 2.04. The molecule has 1 amide bonds. The van der Waals surface area contributed by atoms with Crippen molar-refractivity contribution in [1.82, 2.24) is 10.2 Å². The minimum Gasteiger partial charge on any atom is -0.296 e. The predicted molar refractivity (Wildman–Crippen MR) is 80.3 cm³/mol. The molecule has 4 nitrogen and oxygen atoms in total. The molecule has 0 saturated heterocycles. The summed E-state index contributed by atoms with van der Waals surface area (Å²) in [5.41, 5.74) is 3.83. The molecule has 0 fully saturated rings. The summed E-state index contributed by atoms with van der Waals surface area (Å²) in [5.74, 6) is -0.126. The number of hydrogen-bond acceptors (Lipinski definition) is 5. The Morgan fingerprint density at radius 3 is 2.37 bits per heavy atom. The Balaban J connectivity index is 2.25. The molecule has 0 atom stereocenters. The van der Waals surface area contributed by atoms with Crippen molar-refractivity contribution in [2.24, 2.45) is 0 Å². The van der Waals surface area contributed by atoms with Crippen molar-refractivity contribution in [3.8, 4) is 0 Å². The van der Waals surface area contributed by atoms with Gasteiger partial charge in [0, 0.05) is 5.56 Å². The third-order valence-electron chi connectivity index (χ3n) is 2.71. The number of thioether (sulfide) groups is 1. The molecule has 1 N–H and O–H groups in total. The second kappa shape index (κ2) is 5.71. The van der Waals surface area contributed by atoms with Crippen LogP contribution in [0.5, 0.6) is 0 Å². The summed E-state index contributed by atoms with van der Waals surface area (Å²) in [7, 11) is 0. The van der Waals surface area contributed by atoms with E-state index in [9.17, 15) is 4.79 Å². The Morgan fingerprint density at radius 1 is 1.21 bits per heavy atom. The molecule has 100 valence electrons. The Kier molecular flexibility index (Phi) is 4.21. The number of anilines is 1. The lowest BCUT2D eigenvalue weighted by atomic mass is 9.99. The normalized spacial score (nSPS) is 10.5. The Labute approximate surface area is 120 Å². The van der Waals surface area contributed by atoms with Crippen molar-refractivity contribution >= 4 is 34.1 Å². The van der Waals surface area contributed by atoms with Crippen LogP contribution in [0.25, 0.3) is 0 Å². The molecule has 1 aromatic heterocycles. The highest BCUT2D eigenvalue weighted by atomic mass is 32.2. The lowest BCUT2D eigenvalue weighted by Crippen LogP contribution is -2.15. The van der Waals surface area contributed by atoms with Crippen molar-refractivity contribution in [2.75, 3.05) is 11.6 Å². The largest absolute Gasteiger partial charge is 0.296 e. The van der Waals surface area contributed by atoms with E-state index in [2.05, 4.69) is 15.5 Å². The molecule has 0 aliphatic rings. The third-order valence-corrected chi connectivity index (χ3v) is 4.52. The van der Waals surface area contributed by atoms with E-state index in [0.717, 1.165) is 21.0 Å². The van der Waals surface area contributed by atoms with E-state index >= 15 is 0 Å². The average molecular weight is 293 g/mol. The molecule has 2 rings (SSSR count). The van der Waals surface area contributed by atoms with Crippen LogP contribution in [0.4, 0.5) is 5.13 Å². The lowest BCUT2D eigenvalue weighted by molar-refractivity contribution is 0.102. The van der Waals surface area contributed by atoms with Crippen molar-refractivity contribution in [3.05, 3.63) is 34.4 Å². The van der Waals surface area contributed by atoms with Crippen LogP contribution >= 0.6 is 23.1 Å². The lowest BCUT2D eigenvalue weighted by Gasteiger charge is -2.10. The summed E-state index contributed by atoms with van der Waals surface area (Å²) in [6, 6.07) is 4.02. The standard InChI is InChI=1S/C13H15N3OS2/c1-7-5-8(2)10(9(3)6-7)11(17)14-12-15-16-13(18-4)19-12/h5-6H,1-4H3,(H,14,15,17). The number of hydrogen-bond donors (Lipinski definition) is 1. The number of aromatic nitrogens is 2. The first-order valence-electron chi connectivity index (χ1n) is 5.78. The molecule has 0 saturated carbocycles. The van der Waals surface area contributed by atoms with Gasteiger partial charge in [0.1, 0.15) is 0 Å². The first-order valence-corrected chi connectivity index (χ1v) is 7.82. The van der Waals surface area contributed by atoms with Gasteiger partial charge < -0.3 is 0 Å². The summed E-state index contributed by atoms with van der Waals surface area (Å²) in [5, 5.41) is 11.2. The van der Waals surface area contributed by atoms with Crippen molar-refractivity contribution < 1.29 is 4.79 Å². The van der Waals surface area contributed by atoms with Crippen LogP contribution in [0.1, 0.15) is 27.0 Å². The Bertz CT molecular complexity index is 599. The van der Waals surface area contributed by atoms with Gasteiger partial charge in [-0.05, 0) is 38.2 Å². The quantitative estimate of drug-likeness (QED) is 0.696. The van der Waals surface area contributed by atoms with Crippen LogP contribution in [0.15, 0.2) is 16.5 Å². The van der Waals surface area contributed by atoms with E-state index in [4.69, 9.17) is 0 Å². The maximum Gasteiger partial charge on any atom is 0.258 e. The van der Waals surface area contributed by atoms with Crippen LogP contribution in [-0.4, -0.2) is 22.4 Å². The van der Waals surface area contributed by atoms with Gasteiger partial charge in [0.2, 0.25) is 5.13 Å². The Hall–Kier alpha value is -1.40. The van der Waals surface area contributed by atoms with Gasteiger partial charge in [-0.2, -0.15) is 0 Å². The van der Waals surface area contributed by atoms with E-state index < -0.39 is 0 Å². The topological polar surface area (TPSA) is 54.9 Å². The van der Waals surface area contributed by atoms with E-state index in [1.165, 1.54) is 23.1 Å². The molecular weight excluding hydrogens is 278 g/mol. The van der Waals surface area contributed by atoms with Crippen molar-refractivity contribution in [2.45, 2.75) is 25.1 Å². The first-order chi connectivity index (χ1) is 9.01. The zero-order valence-corrected chi connectivity index (χ0v) is 12.9. The van der Waals surface area contributed by atoms with E-state index in [1.807, 2.05) is 39.2 Å². The number of carbonyl (C=O) groups excluding carboxylic acids is 1. The van der Waals surface area contributed by atoms with E-state index in [0.29, 0.717) is 10.7 Å². The molecular formula is C13H15N3OS2. The predicted octanol–water partition coefficient (Wildman–Crippen LogP) is 3.44. The van der Waals surface area contributed by atoms with Gasteiger partial charge in [0.05, 0.1) is 0 Å².